The Hall–Kier alpha value is -3.17. The standard InChI is InChI=1S/C24H24N2O3S/c1-6-18-22(25-3)21(23(26(18)4)24(27)28-7-2)16-12-14-17(15-13-16)29-19-10-8-9-11-20(19)30-5/h8-15H,6-7H2,1-2,4-5H3. The van der Waals surface area contributed by atoms with Crippen LogP contribution in [0.25, 0.3) is 16.0 Å². The second-order valence-corrected chi connectivity index (χ2v) is 7.39. The Balaban J connectivity index is 2.04. The van der Waals surface area contributed by atoms with Gasteiger partial charge in [0.05, 0.1) is 13.2 Å². The van der Waals surface area contributed by atoms with Crippen molar-refractivity contribution in [3.63, 3.8) is 0 Å². The number of aromatic nitrogens is 1. The van der Waals surface area contributed by atoms with Crippen molar-refractivity contribution in [3.8, 4) is 22.6 Å². The molecular formula is C24H24N2O3S. The minimum Gasteiger partial charge on any atom is -0.461 e. The highest BCUT2D eigenvalue weighted by molar-refractivity contribution is 7.98. The zero-order valence-corrected chi connectivity index (χ0v) is 18.4. The van der Waals surface area contributed by atoms with Crippen molar-refractivity contribution in [2.24, 2.45) is 7.05 Å². The third-order valence-electron chi connectivity index (χ3n) is 4.84. The van der Waals surface area contributed by atoms with E-state index >= 15 is 0 Å². The largest absolute Gasteiger partial charge is 0.461 e. The second-order valence-electron chi connectivity index (χ2n) is 6.54. The Kier molecular flexibility index (Phi) is 6.86. The van der Waals surface area contributed by atoms with Gasteiger partial charge in [0.2, 0.25) is 5.69 Å². The summed E-state index contributed by atoms with van der Waals surface area (Å²) in [4.78, 5) is 17.5. The van der Waals surface area contributed by atoms with Gasteiger partial charge in [0.1, 0.15) is 17.2 Å². The number of para-hydroxylation sites is 1. The van der Waals surface area contributed by atoms with Crippen LogP contribution in [-0.4, -0.2) is 23.4 Å². The highest BCUT2D eigenvalue weighted by Crippen LogP contribution is 2.40. The van der Waals surface area contributed by atoms with Gasteiger partial charge in [0, 0.05) is 23.2 Å². The summed E-state index contributed by atoms with van der Waals surface area (Å²) in [6.45, 7) is 11.7. The molecule has 2 aromatic carbocycles. The molecule has 154 valence electrons. The first-order valence-electron chi connectivity index (χ1n) is 9.73. The van der Waals surface area contributed by atoms with Crippen LogP contribution < -0.4 is 4.74 Å². The van der Waals surface area contributed by atoms with E-state index in [4.69, 9.17) is 16.0 Å². The molecule has 5 nitrogen and oxygen atoms in total. The van der Waals surface area contributed by atoms with Crippen LogP contribution in [0, 0.1) is 6.57 Å². The fraction of sp³-hybridized carbons (Fsp3) is 0.250. The number of benzene rings is 2. The molecule has 0 saturated carbocycles. The molecule has 30 heavy (non-hydrogen) atoms. The first-order chi connectivity index (χ1) is 14.5. The Morgan fingerprint density at radius 1 is 1.13 bits per heavy atom. The van der Waals surface area contributed by atoms with Crippen molar-refractivity contribution >= 4 is 23.4 Å². The highest BCUT2D eigenvalue weighted by Gasteiger charge is 2.26. The smallest absolute Gasteiger partial charge is 0.354 e. The van der Waals surface area contributed by atoms with Crippen LogP contribution in [0.5, 0.6) is 11.5 Å². The summed E-state index contributed by atoms with van der Waals surface area (Å²) < 4.78 is 13.1. The topological polar surface area (TPSA) is 44.8 Å². The summed E-state index contributed by atoms with van der Waals surface area (Å²) in [6, 6.07) is 15.3. The van der Waals surface area contributed by atoms with Gasteiger partial charge in [-0.2, -0.15) is 0 Å². The Morgan fingerprint density at radius 2 is 1.83 bits per heavy atom. The van der Waals surface area contributed by atoms with E-state index in [1.165, 1.54) is 0 Å². The third kappa shape index (κ3) is 4.07. The number of rotatable bonds is 7. The average molecular weight is 421 g/mol. The fourth-order valence-corrected chi connectivity index (χ4v) is 4.00. The Labute approximate surface area is 181 Å². The monoisotopic (exact) mass is 420 g/mol. The van der Waals surface area contributed by atoms with E-state index in [0.717, 1.165) is 21.9 Å². The maximum absolute atomic E-state index is 12.7. The molecule has 1 aromatic heterocycles. The van der Waals surface area contributed by atoms with Gasteiger partial charge in [-0.25, -0.2) is 9.64 Å². The van der Waals surface area contributed by atoms with E-state index in [-0.39, 0.29) is 6.61 Å². The number of hydrogen-bond donors (Lipinski definition) is 0. The molecule has 0 atom stereocenters. The van der Waals surface area contributed by atoms with Gasteiger partial charge >= 0.3 is 5.97 Å². The quantitative estimate of drug-likeness (QED) is 0.249. The maximum Gasteiger partial charge on any atom is 0.354 e. The van der Waals surface area contributed by atoms with Crippen molar-refractivity contribution < 1.29 is 14.3 Å². The molecular weight excluding hydrogens is 396 g/mol. The molecule has 1 heterocycles. The van der Waals surface area contributed by atoms with Crippen LogP contribution in [0.4, 0.5) is 5.69 Å². The molecule has 0 amide bonds. The molecule has 0 fully saturated rings. The first-order valence-corrected chi connectivity index (χ1v) is 11.0. The van der Waals surface area contributed by atoms with Gasteiger partial charge in [0.15, 0.2) is 0 Å². The number of thioether (sulfide) groups is 1. The van der Waals surface area contributed by atoms with Crippen LogP contribution in [0.15, 0.2) is 53.4 Å². The highest BCUT2D eigenvalue weighted by atomic mass is 32.2. The van der Waals surface area contributed by atoms with E-state index in [0.29, 0.717) is 29.1 Å². The normalized spacial score (nSPS) is 10.5. The maximum atomic E-state index is 12.7. The van der Waals surface area contributed by atoms with Crippen molar-refractivity contribution in [2.45, 2.75) is 25.2 Å². The lowest BCUT2D eigenvalue weighted by molar-refractivity contribution is 0.0516. The van der Waals surface area contributed by atoms with Gasteiger partial charge in [-0.15, -0.1) is 11.8 Å². The van der Waals surface area contributed by atoms with Crippen molar-refractivity contribution in [1.29, 1.82) is 0 Å². The van der Waals surface area contributed by atoms with Crippen LogP contribution in [-0.2, 0) is 18.2 Å². The van der Waals surface area contributed by atoms with Gasteiger partial charge in [-0.3, -0.25) is 0 Å². The van der Waals surface area contributed by atoms with E-state index in [1.54, 1.807) is 30.3 Å². The summed E-state index contributed by atoms with van der Waals surface area (Å²) in [5.74, 6) is 1.06. The van der Waals surface area contributed by atoms with Crippen LogP contribution in [0.2, 0.25) is 0 Å². The van der Waals surface area contributed by atoms with E-state index in [1.807, 2.05) is 61.7 Å². The van der Waals surface area contributed by atoms with E-state index in [9.17, 15) is 4.79 Å². The number of esters is 1. The molecule has 0 aliphatic heterocycles. The third-order valence-corrected chi connectivity index (χ3v) is 5.62. The molecule has 0 aliphatic rings. The average Bonchev–Trinajstić information content (AvgIpc) is 3.06. The molecule has 0 aliphatic carbocycles. The van der Waals surface area contributed by atoms with E-state index in [2.05, 4.69) is 4.85 Å². The molecule has 3 rings (SSSR count). The number of hydrogen-bond acceptors (Lipinski definition) is 4. The van der Waals surface area contributed by atoms with E-state index < -0.39 is 5.97 Å². The van der Waals surface area contributed by atoms with Crippen LogP contribution in [0.3, 0.4) is 0 Å². The molecule has 0 bridgehead atoms. The predicted octanol–water partition coefficient (Wildman–Crippen LogP) is 6.50. The summed E-state index contributed by atoms with van der Waals surface area (Å²) in [5, 5.41) is 0. The molecule has 0 unspecified atom stereocenters. The second kappa shape index (κ2) is 9.55. The molecule has 0 radical (unpaired) electrons. The zero-order valence-electron chi connectivity index (χ0n) is 17.6. The van der Waals surface area contributed by atoms with Gasteiger partial charge in [0.25, 0.3) is 0 Å². The number of carbonyl (C=O) groups excluding carboxylic acids is 1. The van der Waals surface area contributed by atoms with Gasteiger partial charge < -0.3 is 14.0 Å². The number of ether oxygens (including phenoxy) is 2. The minimum absolute atomic E-state index is 0.278. The van der Waals surface area contributed by atoms with Gasteiger partial charge in [-0.1, -0.05) is 31.2 Å². The van der Waals surface area contributed by atoms with Crippen LogP contribution in [0.1, 0.15) is 30.0 Å². The Bertz CT molecular complexity index is 1090. The lowest BCUT2D eigenvalue weighted by atomic mass is 10.0. The van der Waals surface area contributed by atoms with Gasteiger partial charge in [-0.05, 0) is 49.4 Å². The summed E-state index contributed by atoms with van der Waals surface area (Å²) in [7, 11) is 1.81. The summed E-state index contributed by atoms with van der Waals surface area (Å²) in [6.07, 6.45) is 2.65. The van der Waals surface area contributed by atoms with Crippen molar-refractivity contribution in [3.05, 3.63) is 71.3 Å². The molecule has 0 N–H and O–H groups in total. The lowest BCUT2D eigenvalue weighted by Crippen LogP contribution is -2.12. The lowest BCUT2D eigenvalue weighted by Gasteiger charge is -2.11. The van der Waals surface area contributed by atoms with Crippen molar-refractivity contribution in [2.75, 3.05) is 12.9 Å². The molecule has 3 aromatic rings. The summed E-state index contributed by atoms with van der Waals surface area (Å²) in [5.41, 5.74) is 3.10. The van der Waals surface area contributed by atoms with Crippen LogP contribution >= 0.6 is 11.8 Å². The minimum atomic E-state index is -0.422. The number of nitrogens with zero attached hydrogens (tertiary/aromatic N) is 2. The Morgan fingerprint density at radius 3 is 2.43 bits per heavy atom. The molecule has 0 spiro atoms. The van der Waals surface area contributed by atoms with Crippen molar-refractivity contribution in [1.82, 2.24) is 4.57 Å². The predicted molar refractivity (Wildman–Crippen MR) is 121 cm³/mol. The number of carbonyl (C=O) groups is 1. The first kappa shape index (κ1) is 21.5. The fourth-order valence-electron chi connectivity index (χ4n) is 3.47. The summed E-state index contributed by atoms with van der Waals surface area (Å²) >= 11 is 1.62. The molecule has 6 heteroatoms. The zero-order chi connectivity index (χ0) is 21.7. The molecule has 0 saturated heterocycles. The SMILES string of the molecule is [C-]#[N+]c1c(-c2ccc(Oc3ccccc3SC)cc2)c(C(=O)OCC)n(C)c1CC.